The molecule has 1 aromatic carbocycles. The van der Waals surface area contributed by atoms with Gasteiger partial charge in [0.05, 0.1) is 17.8 Å². The van der Waals surface area contributed by atoms with Crippen molar-refractivity contribution in [3.8, 4) is 5.75 Å². The Kier molecular flexibility index (Phi) is 6.90. The fourth-order valence-electron chi connectivity index (χ4n) is 2.92. The number of aliphatic hydroxyl groups is 1. The number of benzene rings is 1. The van der Waals surface area contributed by atoms with Crippen molar-refractivity contribution in [3.63, 3.8) is 0 Å². The Morgan fingerprint density at radius 2 is 1.93 bits per heavy atom. The van der Waals surface area contributed by atoms with Crippen LogP contribution in [0.25, 0.3) is 0 Å². The van der Waals surface area contributed by atoms with Crippen LogP contribution >= 0.6 is 23.2 Å². The monoisotopic (exact) mass is 424 g/mol. The van der Waals surface area contributed by atoms with Crippen LogP contribution in [0.3, 0.4) is 0 Å². The van der Waals surface area contributed by atoms with Gasteiger partial charge in [-0.25, -0.2) is 4.98 Å². The zero-order chi connectivity index (χ0) is 20.1. The predicted molar refractivity (Wildman–Crippen MR) is 112 cm³/mol. The van der Waals surface area contributed by atoms with Crippen LogP contribution in [-0.4, -0.2) is 70.6 Å². The molecule has 1 fully saturated rings. The molecule has 10 heteroatoms. The molecule has 0 amide bonds. The molecule has 0 saturated carbocycles. The van der Waals surface area contributed by atoms with E-state index in [1.165, 1.54) is 12.3 Å². The largest absolute Gasteiger partial charge is 0.506 e. The number of phenolic OH excluding ortho intramolecular Hbond substituents is 1. The Morgan fingerprint density at radius 3 is 2.64 bits per heavy atom. The summed E-state index contributed by atoms with van der Waals surface area (Å²) in [5.74, 6) is 1.09. The third-order valence-corrected chi connectivity index (χ3v) is 4.86. The second kappa shape index (κ2) is 9.38. The number of halogens is 2. The van der Waals surface area contributed by atoms with Crippen LogP contribution in [-0.2, 0) is 0 Å². The summed E-state index contributed by atoms with van der Waals surface area (Å²) in [5.41, 5.74) is 4.07. The van der Waals surface area contributed by atoms with Crippen LogP contribution in [0.1, 0.15) is 11.3 Å². The lowest BCUT2D eigenvalue weighted by Crippen LogP contribution is -2.47. The molecular weight excluding hydrogens is 403 g/mol. The first kappa shape index (κ1) is 20.6. The highest BCUT2D eigenvalue weighted by Gasteiger charge is 2.19. The van der Waals surface area contributed by atoms with Gasteiger partial charge in [-0.15, -0.1) is 0 Å². The van der Waals surface area contributed by atoms with Crippen LogP contribution in [0, 0.1) is 6.92 Å². The molecule has 150 valence electrons. The van der Waals surface area contributed by atoms with E-state index in [1.807, 2.05) is 6.92 Å². The second-order valence-electron chi connectivity index (χ2n) is 6.44. The number of anilines is 2. The molecule has 0 atom stereocenters. The van der Waals surface area contributed by atoms with Crippen LogP contribution in [0.4, 0.5) is 11.8 Å². The highest BCUT2D eigenvalue weighted by atomic mass is 35.5. The van der Waals surface area contributed by atoms with Gasteiger partial charge < -0.3 is 15.1 Å². The van der Waals surface area contributed by atoms with Gasteiger partial charge in [0.15, 0.2) is 5.82 Å². The molecule has 3 rings (SSSR count). The lowest BCUT2D eigenvalue weighted by Gasteiger charge is -2.34. The highest BCUT2D eigenvalue weighted by molar-refractivity contribution is 6.36. The summed E-state index contributed by atoms with van der Waals surface area (Å²) in [5, 5.41) is 23.7. The molecule has 0 aliphatic carbocycles. The van der Waals surface area contributed by atoms with Crippen molar-refractivity contribution in [3.05, 3.63) is 39.5 Å². The number of hydrogen-bond acceptors (Lipinski definition) is 8. The normalized spacial score (nSPS) is 15.4. The SMILES string of the molecule is Cc1cc(N/N=C/c2cc(Cl)cc(Cl)c2O)nc(N2CCN(CCO)CC2)n1. The van der Waals surface area contributed by atoms with Gasteiger partial charge in [0.25, 0.3) is 0 Å². The number of hydrogen-bond donors (Lipinski definition) is 3. The molecule has 1 aromatic heterocycles. The number of aromatic nitrogens is 2. The maximum absolute atomic E-state index is 9.98. The molecule has 1 aliphatic rings. The Bertz CT molecular complexity index is 856. The molecule has 8 nitrogen and oxygen atoms in total. The van der Waals surface area contributed by atoms with E-state index in [1.54, 1.807) is 12.1 Å². The van der Waals surface area contributed by atoms with Gasteiger partial charge in [-0.2, -0.15) is 10.1 Å². The zero-order valence-electron chi connectivity index (χ0n) is 15.4. The summed E-state index contributed by atoms with van der Waals surface area (Å²) in [4.78, 5) is 13.4. The summed E-state index contributed by atoms with van der Waals surface area (Å²) < 4.78 is 0. The fourth-order valence-corrected chi connectivity index (χ4v) is 3.43. The minimum atomic E-state index is -0.0862. The fraction of sp³-hybridized carbons (Fsp3) is 0.389. The molecular formula is C18H22Cl2N6O2. The third-order valence-electron chi connectivity index (χ3n) is 4.35. The van der Waals surface area contributed by atoms with Gasteiger partial charge in [-0.1, -0.05) is 23.2 Å². The van der Waals surface area contributed by atoms with Crippen molar-refractivity contribution in [1.82, 2.24) is 14.9 Å². The van der Waals surface area contributed by atoms with Gasteiger partial charge in [0, 0.05) is 55.1 Å². The number of piperazine rings is 1. The number of β-amino-alcohol motifs (C(OH)–C–C–N with tert-alkyl or cyclic N) is 1. The minimum Gasteiger partial charge on any atom is -0.506 e. The van der Waals surface area contributed by atoms with Gasteiger partial charge in [-0.05, 0) is 19.1 Å². The van der Waals surface area contributed by atoms with Gasteiger partial charge >= 0.3 is 0 Å². The number of aryl methyl sites for hydroxylation is 1. The average molecular weight is 425 g/mol. The van der Waals surface area contributed by atoms with Gasteiger partial charge in [0.1, 0.15) is 5.75 Å². The van der Waals surface area contributed by atoms with E-state index >= 15 is 0 Å². The molecule has 2 aromatic rings. The van der Waals surface area contributed by atoms with Crippen LogP contribution in [0.5, 0.6) is 5.75 Å². The van der Waals surface area contributed by atoms with E-state index < -0.39 is 0 Å². The average Bonchev–Trinajstić information content (AvgIpc) is 2.66. The number of phenols is 1. The molecule has 0 radical (unpaired) electrons. The third kappa shape index (κ3) is 5.23. The van der Waals surface area contributed by atoms with Gasteiger partial charge in [-0.3, -0.25) is 10.3 Å². The molecule has 0 bridgehead atoms. The summed E-state index contributed by atoms with van der Waals surface area (Å²) >= 11 is 11.9. The summed E-state index contributed by atoms with van der Waals surface area (Å²) in [7, 11) is 0. The molecule has 1 saturated heterocycles. The smallest absolute Gasteiger partial charge is 0.227 e. The molecule has 0 unspecified atom stereocenters. The Balaban J connectivity index is 1.69. The van der Waals surface area contributed by atoms with Gasteiger partial charge in [0.2, 0.25) is 5.95 Å². The summed E-state index contributed by atoms with van der Waals surface area (Å²) in [6, 6.07) is 4.81. The lowest BCUT2D eigenvalue weighted by atomic mass is 10.2. The van der Waals surface area contributed by atoms with Crippen molar-refractivity contribution < 1.29 is 10.2 Å². The maximum Gasteiger partial charge on any atom is 0.227 e. The first-order valence-corrected chi connectivity index (χ1v) is 9.63. The first-order chi connectivity index (χ1) is 13.5. The van der Waals surface area contributed by atoms with E-state index in [9.17, 15) is 5.11 Å². The maximum atomic E-state index is 9.98. The van der Waals surface area contributed by atoms with E-state index in [0.29, 0.717) is 28.9 Å². The van der Waals surface area contributed by atoms with Crippen molar-refractivity contribution in [2.24, 2.45) is 5.10 Å². The van der Waals surface area contributed by atoms with Crippen LogP contribution in [0.15, 0.2) is 23.3 Å². The minimum absolute atomic E-state index is 0.0862. The van der Waals surface area contributed by atoms with Crippen molar-refractivity contribution >= 4 is 41.2 Å². The number of hydrazone groups is 1. The topological polar surface area (TPSA) is 97.1 Å². The second-order valence-corrected chi connectivity index (χ2v) is 7.29. The van der Waals surface area contributed by atoms with Crippen LogP contribution in [0.2, 0.25) is 10.0 Å². The van der Waals surface area contributed by atoms with E-state index in [4.69, 9.17) is 28.3 Å². The van der Waals surface area contributed by atoms with Crippen LogP contribution < -0.4 is 10.3 Å². The number of aliphatic hydroxyl groups excluding tert-OH is 1. The Morgan fingerprint density at radius 1 is 1.18 bits per heavy atom. The van der Waals surface area contributed by atoms with E-state index in [0.717, 1.165) is 31.9 Å². The molecule has 1 aliphatic heterocycles. The quantitative estimate of drug-likeness (QED) is 0.483. The summed E-state index contributed by atoms with van der Waals surface area (Å²) in [6.07, 6.45) is 1.43. The lowest BCUT2D eigenvalue weighted by molar-refractivity contribution is 0.188. The van der Waals surface area contributed by atoms with E-state index in [-0.39, 0.29) is 17.4 Å². The summed E-state index contributed by atoms with van der Waals surface area (Å²) in [6.45, 7) is 6.04. The number of rotatable bonds is 6. The number of nitrogens with zero attached hydrogens (tertiary/aromatic N) is 5. The molecule has 0 spiro atoms. The zero-order valence-corrected chi connectivity index (χ0v) is 17.0. The molecule has 3 N–H and O–H groups in total. The molecule has 2 heterocycles. The predicted octanol–water partition coefficient (Wildman–Crippen LogP) is 2.36. The Hall–Kier alpha value is -2.13. The highest BCUT2D eigenvalue weighted by Crippen LogP contribution is 2.30. The first-order valence-electron chi connectivity index (χ1n) is 8.87. The number of aromatic hydroxyl groups is 1. The van der Waals surface area contributed by atoms with E-state index in [2.05, 4.69) is 30.3 Å². The van der Waals surface area contributed by atoms with Crippen molar-refractivity contribution in [1.29, 1.82) is 0 Å². The Labute approximate surface area is 173 Å². The molecule has 28 heavy (non-hydrogen) atoms. The number of nitrogens with one attached hydrogen (secondary N) is 1. The van der Waals surface area contributed by atoms with Crippen molar-refractivity contribution in [2.45, 2.75) is 6.92 Å². The standard InChI is InChI=1S/C18H22Cl2N6O2/c1-12-8-16(24-21-11-13-9-14(19)10-15(20)17(13)28)23-18(22-12)26-4-2-25(3-5-26)6-7-27/h8-11,27-28H,2-7H2,1H3,(H,22,23,24)/b21-11+. The van der Waals surface area contributed by atoms with Crippen molar-refractivity contribution in [2.75, 3.05) is 49.7 Å².